The summed E-state index contributed by atoms with van der Waals surface area (Å²) in [5.74, 6) is 0.337. The molecule has 0 radical (unpaired) electrons. The number of benzene rings is 1. The summed E-state index contributed by atoms with van der Waals surface area (Å²) in [5.41, 5.74) is 6.45. The zero-order chi connectivity index (χ0) is 24.1. The first-order valence-corrected chi connectivity index (χ1v) is 12.9. The molecule has 2 saturated heterocycles. The summed E-state index contributed by atoms with van der Waals surface area (Å²) in [6.45, 7) is 3.84. The van der Waals surface area contributed by atoms with Gasteiger partial charge in [0.1, 0.15) is 0 Å². The van der Waals surface area contributed by atoms with Gasteiger partial charge in [0, 0.05) is 31.6 Å². The van der Waals surface area contributed by atoms with Crippen LogP contribution in [0.25, 0.3) is 0 Å². The Morgan fingerprint density at radius 3 is 2.62 bits per heavy atom. The Hall–Kier alpha value is -2.00. The molecule has 1 aromatic rings. The second kappa shape index (κ2) is 11.2. The van der Waals surface area contributed by atoms with Crippen molar-refractivity contribution in [2.24, 2.45) is 5.73 Å². The third kappa shape index (κ3) is 6.36. The quantitative estimate of drug-likeness (QED) is 0.480. The molecule has 1 saturated carbocycles. The van der Waals surface area contributed by atoms with Gasteiger partial charge in [-0.3, -0.25) is 20.2 Å². The highest BCUT2D eigenvalue weighted by molar-refractivity contribution is 5.78. The number of amides is 2. The number of carbonyl (C=O) groups excluding carboxylic acids is 2. The van der Waals surface area contributed by atoms with Gasteiger partial charge in [0.05, 0.1) is 31.4 Å². The fourth-order valence-electron chi connectivity index (χ4n) is 5.55. The minimum absolute atomic E-state index is 0.0456. The lowest BCUT2D eigenvalue weighted by atomic mass is 9.89. The molecule has 1 unspecified atom stereocenters. The number of hydrogen-bond donors (Lipinski definition) is 4. The van der Waals surface area contributed by atoms with E-state index in [2.05, 4.69) is 29.7 Å². The molecule has 0 aromatic heterocycles. The van der Waals surface area contributed by atoms with Gasteiger partial charge in [-0.15, -0.1) is 0 Å². The van der Waals surface area contributed by atoms with Gasteiger partial charge in [-0.1, -0.05) is 50.1 Å². The van der Waals surface area contributed by atoms with E-state index in [1.165, 1.54) is 18.4 Å². The average molecular weight is 472 g/mol. The molecule has 0 bridgehead atoms. The van der Waals surface area contributed by atoms with Crippen LogP contribution >= 0.6 is 0 Å². The van der Waals surface area contributed by atoms with Crippen LogP contribution in [0.15, 0.2) is 30.3 Å². The predicted molar refractivity (Wildman–Crippen MR) is 132 cm³/mol. The number of likely N-dealkylation sites (tertiary alicyclic amines) is 1. The highest BCUT2D eigenvalue weighted by Crippen LogP contribution is 2.27. The third-order valence-electron chi connectivity index (χ3n) is 7.88. The Morgan fingerprint density at radius 2 is 1.94 bits per heavy atom. The van der Waals surface area contributed by atoms with Crippen LogP contribution in [0.1, 0.15) is 69.8 Å². The lowest BCUT2D eigenvalue weighted by Gasteiger charge is -2.43. The first-order valence-electron chi connectivity index (χ1n) is 12.9. The summed E-state index contributed by atoms with van der Waals surface area (Å²) in [7, 11) is 0. The maximum Gasteiger partial charge on any atom is 0.226 e. The molecule has 2 amide bonds. The molecule has 5 N–H and O–H groups in total. The van der Waals surface area contributed by atoms with E-state index in [4.69, 9.17) is 5.73 Å². The van der Waals surface area contributed by atoms with Crippen molar-refractivity contribution in [3.8, 4) is 0 Å². The molecule has 3 aliphatic rings. The standard InChI is InChI=1S/C26H41N5O3/c1-19(20-7-3-2-4-8-20)15-24(32)30-13-11-26(34,12-14-30)17-31-18-28-23(16-25(31)33)29-22-10-6-5-9-21(22)27/h2-4,7-8,19,21-23,28-29,34H,5-6,9-18,27H2,1H3/t19-,21+,22-,23?/m1/s1. The van der Waals surface area contributed by atoms with E-state index in [9.17, 15) is 14.7 Å². The number of nitrogens with one attached hydrogen (secondary N) is 2. The monoisotopic (exact) mass is 471 g/mol. The van der Waals surface area contributed by atoms with Crippen LogP contribution in [0.2, 0.25) is 0 Å². The Labute approximate surface area is 203 Å². The number of nitrogens with two attached hydrogens (primary N) is 1. The summed E-state index contributed by atoms with van der Waals surface area (Å²) in [6.07, 6.45) is 6.17. The van der Waals surface area contributed by atoms with Crippen molar-refractivity contribution in [3.05, 3.63) is 35.9 Å². The lowest BCUT2D eigenvalue weighted by Crippen LogP contribution is -2.63. The molecule has 3 fully saturated rings. The van der Waals surface area contributed by atoms with Crippen molar-refractivity contribution >= 4 is 11.8 Å². The zero-order valence-electron chi connectivity index (χ0n) is 20.4. The molecule has 1 aromatic carbocycles. The molecule has 0 spiro atoms. The van der Waals surface area contributed by atoms with Gasteiger partial charge in [-0.2, -0.15) is 0 Å². The zero-order valence-corrected chi connectivity index (χ0v) is 20.4. The fraction of sp³-hybridized carbons (Fsp3) is 0.692. The minimum atomic E-state index is -0.953. The van der Waals surface area contributed by atoms with Gasteiger partial charge >= 0.3 is 0 Å². The number of rotatable bonds is 7. The molecule has 4 rings (SSSR count). The highest BCUT2D eigenvalue weighted by Gasteiger charge is 2.38. The van der Waals surface area contributed by atoms with Crippen molar-refractivity contribution in [2.75, 3.05) is 26.3 Å². The maximum atomic E-state index is 12.8. The van der Waals surface area contributed by atoms with E-state index in [1.807, 2.05) is 23.1 Å². The van der Waals surface area contributed by atoms with Gasteiger partial charge in [0.15, 0.2) is 0 Å². The van der Waals surface area contributed by atoms with Crippen LogP contribution in [-0.4, -0.2) is 76.9 Å². The Morgan fingerprint density at radius 1 is 1.24 bits per heavy atom. The number of piperidine rings is 1. The lowest BCUT2D eigenvalue weighted by molar-refractivity contribution is -0.145. The van der Waals surface area contributed by atoms with Crippen molar-refractivity contribution in [3.63, 3.8) is 0 Å². The molecule has 34 heavy (non-hydrogen) atoms. The second-order valence-electron chi connectivity index (χ2n) is 10.6. The van der Waals surface area contributed by atoms with Crippen molar-refractivity contribution in [2.45, 2.75) is 88.1 Å². The first kappa shape index (κ1) is 25.1. The van der Waals surface area contributed by atoms with E-state index < -0.39 is 5.60 Å². The number of hydrogen-bond acceptors (Lipinski definition) is 6. The number of carbonyl (C=O) groups is 2. The van der Waals surface area contributed by atoms with Gasteiger partial charge in [0.2, 0.25) is 11.8 Å². The predicted octanol–water partition coefficient (Wildman–Crippen LogP) is 1.50. The Balaban J connectivity index is 1.21. The van der Waals surface area contributed by atoms with Crippen molar-refractivity contribution < 1.29 is 14.7 Å². The van der Waals surface area contributed by atoms with Gasteiger partial charge in [0.25, 0.3) is 0 Å². The third-order valence-corrected chi connectivity index (χ3v) is 7.88. The molecular weight excluding hydrogens is 430 g/mol. The van der Waals surface area contributed by atoms with Gasteiger partial charge in [-0.05, 0) is 37.2 Å². The maximum absolute atomic E-state index is 12.8. The molecule has 1 aliphatic carbocycles. The second-order valence-corrected chi connectivity index (χ2v) is 10.6. The van der Waals surface area contributed by atoms with Crippen LogP contribution in [0.3, 0.4) is 0 Å². The van der Waals surface area contributed by atoms with Crippen LogP contribution in [-0.2, 0) is 9.59 Å². The molecule has 8 heteroatoms. The van der Waals surface area contributed by atoms with Crippen LogP contribution < -0.4 is 16.4 Å². The van der Waals surface area contributed by atoms with E-state index >= 15 is 0 Å². The molecule has 188 valence electrons. The number of nitrogens with zero attached hydrogens (tertiary/aromatic N) is 2. The fourth-order valence-corrected chi connectivity index (χ4v) is 5.55. The SMILES string of the molecule is C[C@H](CC(=O)N1CCC(O)(CN2CNC(N[C@@H]3CCCC[C@@H]3N)CC2=O)CC1)c1ccccc1. The average Bonchev–Trinajstić information content (AvgIpc) is 2.83. The highest BCUT2D eigenvalue weighted by atomic mass is 16.3. The van der Waals surface area contributed by atoms with E-state index in [1.54, 1.807) is 4.90 Å². The Kier molecular flexibility index (Phi) is 8.24. The molecular formula is C26H41N5O3. The summed E-state index contributed by atoms with van der Waals surface area (Å²) >= 11 is 0. The molecule has 2 heterocycles. The van der Waals surface area contributed by atoms with E-state index in [0.717, 1.165) is 12.8 Å². The summed E-state index contributed by atoms with van der Waals surface area (Å²) in [4.78, 5) is 29.2. The van der Waals surface area contributed by atoms with Crippen LogP contribution in [0, 0.1) is 0 Å². The number of aliphatic hydroxyl groups is 1. The molecule has 4 atom stereocenters. The topological polar surface area (TPSA) is 111 Å². The summed E-state index contributed by atoms with van der Waals surface area (Å²) in [6, 6.07) is 10.5. The largest absolute Gasteiger partial charge is 0.388 e. The van der Waals surface area contributed by atoms with E-state index in [0.29, 0.717) is 52.0 Å². The smallest absolute Gasteiger partial charge is 0.226 e. The molecule has 2 aliphatic heterocycles. The van der Waals surface area contributed by atoms with Gasteiger partial charge < -0.3 is 20.6 Å². The van der Waals surface area contributed by atoms with E-state index in [-0.39, 0.29) is 36.0 Å². The van der Waals surface area contributed by atoms with Crippen molar-refractivity contribution in [1.82, 2.24) is 20.4 Å². The first-order chi connectivity index (χ1) is 16.3. The van der Waals surface area contributed by atoms with Crippen LogP contribution in [0.4, 0.5) is 0 Å². The van der Waals surface area contributed by atoms with Gasteiger partial charge in [-0.25, -0.2) is 0 Å². The molecule has 8 nitrogen and oxygen atoms in total. The minimum Gasteiger partial charge on any atom is -0.388 e. The number of β-amino-alcohol motifs (C(OH)–C–C–N with tert-alkyl or cyclic N) is 1. The Bertz CT molecular complexity index is 827. The normalized spacial score (nSPS) is 28.6. The van der Waals surface area contributed by atoms with Crippen molar-refractivity contribution in [1.29, 1.82) is 0 Å². The summed E-state index contributed by atoms with van der Waals surface area (Å²) < 4.78 is 0. The van der Waals surface area contributed by atoms with Crippen LogP contribution in [0.5, 0.6) is 0 Å². The summed E-state index contributed by atoms with van der Waals surface area (Å²) in [5, 5.41) is 18.1.